The van der Waals surface area contributed by atoms with Gasteiger partial charge in [-0.1, -0.05) is 121 Å². The number of nitrogens with one attached hydrogen (secondary N) is 4. The third-order valence-corrected chi connectivity index (χ3v) is 13.0. The van der Waals surface area contributed by atoms with Gasteiger partial charge >= 0.3 is 6.09 Å². The quantitative estimate of drug-likeness (QED) is 0.0258. The summed E-state index contributed by atoms with van der Waals surface area (Å²) < 4.78 is 4.87. The van der Waals surface area contributed by atoms with Crippen molar-refractivity contribution in [3.63, 3.8) is 0 Å². The topological polar surface area (TPSA) is 179 Å². The van der Waals surface area contributed by atoms with Gasteiger partial charge in [0, 0.05) is 23.9 Å². The molecule has 4 heterocycles. The lowest BCUT2D eigenvalue weighted by Crippen LogP contribution is -2.43. The molecule has 3 amide bonds. The molecule has 5 atom stereocenters. The second kappa shape index (κ2) is 19.7. The van der Waals surface area contributed by atoms with E-state index < -0.39 is 18.1 Å². The summed E-state index contributed by atoms with van der Waals surface area (Å²) in [4.78, 5) is 70.4. The van der Waals surface area contributed by atoms with Gasteiger partial charge in [0.1, 0.15) is 35.1 Å². The number of carbonyl (C=O) groups excluding carboxylic acids is 3. The van der Waals surface area contributed by atoms with Crippen LogP contribution < -0.4 is 5.32 Å². The molecule has 4 aromatic carbocycles. The van der Waals surface area contributed by atoms with Crippen LogP contribution >= 0.6 is 23.4 Å². The van der Waals surface area contributed by atoms with Crippen molar-refractivity contribution in [3.05, 3.63) is 143 Å². The number of hydrogen-bond donors (Lipinski definition) is 4. The Bertz CT molecular complexity index is 2520. The van der Waals surface area contributed by atoms with Crippen LogP contribution in [0.3, 0.4) is 0 Å². The fourth-order valence-electron chi connectivity index (χ4n) is 8.43. The first-order chi connectivity index (χ1) is 30.8. The molecule has 16 heteroatoms. The highest BCUT2D eigenvalue weighted by atomic mass is 35.5. The van der Waals surface area contributed by atoms with Crippen LogP contribution in [-0.4, -0.2) is 92.4 Å². The van der Waals surface area contributed by atoms with E-state index in [1.54, 1.807) is 18.0 Å². The molecule has 2 fully saturated rings. The van der Waals surface area contributed by atoms with Crippen LogP contribution in [0.2, 0.25) is 5.15 Å². The second-order valence-electron chi connectivity index (χ2n) is 15.4. The van der Waals surface area contributed by atoms with Crippen LogP contribution in [0.4, 0.5) is 4.79 Å². The first kappa shape index (κ1) is 43.2. The third kappa shape index (κ3) is 9.50. The molecule has 0 bridgehead atoms. The standard InChI is InChI=1S/C47H47ClN8O6S/c1-60-47(59)53-41(33-12-7-4-8-13-33)46(58)56-26-35(63-2)24-39(56)43-50-25-37(51-43)32-19-15-29(16-20-32)30-17-21-34(22-18-30)40-42(48)54-44(52-40)38-14-9-23-55(38)45(57)36(27-61-62-28-49)31-10-5-3-6-11-31/h3-8,10-13,15-22,25,28,35-36,38-39,41,49H,9,14,23-24,26-27H2,1-2H3,(H,50,51)(H,52,54)(H,53,59)/t35-,36+,38-,39-,41-/m0/s1. The Morgan fingerprint density at radius 3 is 2.16 bits per heavy atom. The molecule has 0 radical (unpaired) electrons. The Morgan fingerprint density at radius 1 is 0.857 bits per heavy atom. The zero-order chi connectivity index (χ0) is 43.9. The number of aromatic nitrogens is 4. The minimum atomic E-state index is -0.910. The number of halogens is 1. The molecule has 63 heavy (non-hydrogen) atoms. The number of methoxy groups -OCH3 is 1. The Balaban J connectivity index is 0.953. The summed E-state index contributed by atoms with van der Waals surface area (Å²) in [6, 6.07) is 33.3. The molecule has 6 aromatic rings. The molecule has 2 aromatic heterocycles. The fraction of sp³-hybridized carbons (Fsp3) is 0.277. The molecule has 2 aliphatic heterocycles. The molecule has 14 nitrogen and oxygen atoms in total. The number of hydrogen-bond acceptors (Lipinski definition) is 10. The third-order valence-electron chi connectivity index (χ3n) is 11.7. The number of imidazole rings is 2. The molecule has 324 valence electrons. The predicted molar refractivity (Wildman–Crippen MR) is 242 cm³/mol. The lowest BCUT2D eigenvalue weighted by Gasteiger charge is -2.28. The van der Waals surface area contributed by atoms with Gasteiger partial charge in [0.15, 0.2) is 0 Å². The number of H-pyrrole nitrogens is 2. The molecular weight excluding hydrogens is 840 g/mol. The zero-order valence-electron chi connectivity index (χ0n) is 34.7. The first-order valence-corrected chi connectivity index (χ1v) is 22.3. The number of alkyl carbamates (subject to hydrolysis) is 1. The van der Waals surface area contributed by atoms with E-state index in [0.717, 1.165) is 46.4 Å². The maximum absolute atomic E-state index is 14.2. The molecule has 0 aliphatic carbocycles. The van der Waals surface area contributed by atoms with Gasteiger partial charge in [-0.05, 0) is 53.3 Å². The zero-order valence-corrected chi connectivity index (χ0v) is 36.3. The monoisotopic (exact) mass is 886 g/mol. The minimum absolute atomic E-state index is 0.0393. The van der Waals surface area contributed by atoms with Crippen molar-refractivity contribution in [3.8, 4) is 33.6 Å². The van der Waals surface area contributed by atoms with E-state index in [0.29, 0.717) is 54.0 Å². The van der Waals surface area contributed by atoms with Gasteiger partial charge in [-0.3, -0.25) is 15.0 Å². The Hall–Kier alpha value is -6.42. The van der Waals surface area contributed by atoms with Crippen molar-refractivity contribution in [2.24, 2.45) is 0 Å². The molecule has 0 saturated carbocycles. The Labute approximate surface area is 374 Å². The first-order valence-electron chi connectivity index (χ1n) is 20.6. The number of benzene rings is 4. The number of rotatable bonds is 15. The maximum atomic E-state index is 14.2. The van der Waals surface area contributed by atoms with E-state index in [1.165, 1.54) is 7.11 Å². The summed E-state index contributed by atoms with van der Waals surface area (Å²) in [5, 5.41) is 10.5. The molecule has 4 N–H and O–H groups in total. The van der Waals surface area contributed by atoms with Crippen molar-refractivity contribution in [2.75, 3.05) is 33.1 Å². The number of nitrogens with zero attached hydrogens (tertiary/aromatic N) is 4. The van der Waals surface area contributed by atoms with Gasteiger partial charge in [-0.2, -0.15) is 16.6 Å². The van der Waals surface area contributed by atoms with Crippen molar-refractivity contribution in [1.29, 1.82) is 5.41 Å². The van der Waals surface area contributed by atoms with Crippen molar-refractivity contribution in [2.45, 2.75) is 48.6 Å². The van der Waals surface area contributed by atoms with Crippen LogP contribution in [0.5, 0.6) is 0 Å². The normalized spacial score (nSPS) is 18.2. The molecular formula is C47H47ClN8O6S. The van der Waals surface area contributed by atoms with Crippen LogP contribution in [0.15, 0.2) is 115 Å². The van der Waals surface area contributed by atoms with Gasteiger partial charge in [-0.15, -0.1) is 0 Å². The minimum Gasteiger partial charge on any atom is -0.453 e. The highest BCUT2D eigenvalue weighted by Gasteiger charge is 2.41. The lowest BCUT2D eigenvalue weighted by atomic mass is 9.98. The average molecular weight is 887 g/mol. The summed E-state index contributed by atoms with van der Waals surface area (Å²) in [5.41, 5.74) is 6.69. The lowest BCUT2D eigenvalue weighted by molar-refractivity contribution is -0.221. The number of aromatic amines is 2. The Morgan fingerprint density at radius 2 is 1.51 bits per heavy atom. The summed E-state index contributed by atoms with van der Waals surface area (Å²) in [6.45, 7) is 1.04. The summed E-state index contributed by atoms with van der Waals surface area (Å²) in [5.74, 6) is 0.337. The van der Waals surface area contributed by atoms with Crippen LogP contribution in [0.25, 0.3) is 33.6 Å². The predicted octanol–water partition coefficient (Wildman–Crippen LogP) is 8.89. The number of amides is 3. The van der Waals surface area contributed by atoms with Crippen molar-refractivity contribution < 1.29 is 28.9 Å². The van der Waals surface area contributed by atoms with Crippen molar-refractivity contribution in [1.82, 2.24) is 35.1 Å². The Kier molecular flexibility index (Phi) is 13.5. The van der Waals surface area contributed by atoms with E-state index in [4.69, 9.17) is 41.5 Å². The van der Waals surface area contributed by atoms with Gasteiger partial charge < -0.3 is 34.7 Å². The average Bonchev–Trinajstić information content (AvgIpc) is 4.17. The van der Waals surface area contributed by atoms with Crippen LogP contribution in [0, 0.1) is 5.41 Å². The van der Waals surface area contributed by atoms with Gasteiger partial charge in [0.05, 0.1) is 37.0 Å². The number of likely N-dealkylation sites (tertiary alicyclic amines) is 2. The van der Waals surface area contributed by atoms with Crippen molar-refractivity contribution >= 4 is 47.7 Å². The van der Waals surface area contributed by atoms with E-state index in [2.05, 4.69) is 27.4 Å². The summed E-state index contributed by atoms with van der Waals surface area (Å²) in [6.07, 6.45) is 6.10. The number of carbonyl (C=O) groups is 3. The molecule has 0 unspecified atom stereocenters. The smallest absolute Gasteiger partial charge is 0.407 e. The molecule has 2 aliphatic rings. The molecule has 8 rings (SSSR count). The van der Waals surface area contributed by atoms with Crippen LogP contribution in [-0.2, 0) is 24.1 Å². The highest BCUT2D eigenvalue weighted by Crippen LogP contribution is 2.40. The van der Waals surface area contributed by atoms with E-state index in [9.17, 15) is 14.4 Å². The van der Waals surface area contributed by atoms with E-state index >= 15 is 0 Å². The van der Waals surface area contributed by atoms with Gasteiger partial charge in [-0.25, -0.2) is 14.8 Å². The summed E-state index contributed by atoms with van der Waals surface area (Å²) in [7, 11) is 1.28. The molecule has 2 saturated heterocycles. The maximum Gasteiger partial charge on any atom is 0.407 e. The summed E-state index contributed by atoms with van der Waals surface area (Å²) >= 11 is 8.48. The largest absolute Gasteiger partial charge is 0.453 e. The van der Waals surface area contributed by atoms with Gasteiger partial charge in [0.25, 0.3) is 5.91 Å². The second-order valence-corrected chi connectivity index (χ2v) is 16.9. The fourth-order valence-corrected chi connectivity index (χ4v) is 9.36. The van der Waals surface area contributed by atoms with Gasteiger partial charge in [0.2, 0.25) is 12.3 Å². The van der Waals surface area contributed by atoms with Crippen LogP contribution in [0.1, 0.15) is 66.1 Å². The number of thioether (sulfide) groups is 1. The SMILES string of the molecule is COC(=O)N[C@H](C(=O)N1C[C@@H](SC)C[C@H]1c1ncc(-c2ccc(-c3ccc(-c4nc([C@@H]5CCCN5C(=O)[C@H](COOC=N)c5ccccc5)[nH]c4Cl)cc3)cc2)[nH]1)c1ccccc1. The van der Waals surface area contributed by atoms with E-state index in [-0.39, 0.29) is 35.8 Å². The van der Waals surface area contributed by atoms with E-state index in [1.807, 2.05) is 113 Å². The number of ether oxygens (including phenoxy) is 1. The molecule has 0 spiro atoms. The highest BCUT2D eigenvalue weighted by molar-refractivity contribution is 7.99.